The monoisotopic (exact) mass is 1020 g/mol. The average Bonchev–Trinajstić information content (AvgIpc) is 3.90. The van der Waals surface area contributed by atoms with Gasteiger partial charge in [-0.25, -0.2) is 0 Å². The van der Waals surface area contributed by atoms with Crippen LogP contribution < -0.4 is 0 Å². The molecule has 0 saturated carbocycles. The minimum Gasteiger partial charge on any atom is -0.456 e. The second-order valence-corrected chi connectivity index (χ2v) is 18.5. The summed E-state index contributed by atoms with van der Waals surface area (Å²) in [7, 11) is 0. The molecule has 0 spiro atoms. The zero-order valence-electron chi connectivity index (χ0n) is 37.9. The summed E-state index contributed by atoms with van der Waals surface area (Å²) in [6.07, 6.45) is 1.91. The Morgan fingerprint density at radius 3 is 2.02 bits per heavy atom. The maximum absolute atomic E-state index is 6.22. The molecular weight excluding hydrogens is 971 g/mol. The molecule has 0 aliphatic heterocycles. The Hall–Kier alpha value is -6.65. The van der Waals surface area contributed by atoms with E-state index in [0.717, 1.165) is 55.6 Å². The standard InChI is InChI=1S/C39H33N2.C21H18NO.Ir/c1-25(2)34-23-31(27-12-6-5-7-13-27)24-35(26(3)4)38(34)41-37-17-11-10-16-36(37)40-39(41)30-20-21-33-29(22-30)19-18-28-14-8-9-15-32(28)33;1-21(2,3)17-11-7-10-15-16-13-22-18(12-19(16)23-20(15)17)14-8-5-4-6-9-14;/h5-19,21-26H,1-4H3;4-8,10-13H,1-3H3;/q2*-1;. The smallest absolute Gasteiger partial charge is 0.139 e. The van der Waals surface area contributed by atoms with Crippen LogP contribution in [-0.2, 0) is 25.5 Å². The van der Waals surface area contributed by atoms with E-state index in [1.807, 2.05) is 36.5 Å². The van der Waals surface area contributed by atoms with Crippen LogP contribution in [0, 0.1) is 12.1 Å². The molecule has 0 unspecified atom stereocenters. The van der Waals surface area contributed by atoms with Crippen LogP contribution in [0.4, 0.5) is 0 Å². The van der Waals surface area contributed by atoms with Crippen molar-refractivity contribution in [3.05, 3.63) is 199 Å². The number of benzene rings is 8. The zero-order valence-corrected chi connectivity index (χ0v) is 40.3. The van der Waals surface area contributed by atoms with E-state index in [-0.39, 0.29) is 25.5 Å². The van der Waals surface area contributed by atoms with Crippen LogP contribution in [0.3, 0.4) is 0 Å². The van der Waals surface area contributed by atoms with Gasteiger partial charge in [0.15, 0.2) is 0 Å². The molecule has 11 rings (SSSR count). The normalized spacial score (nSPS) is 11.8. The Labute approximate surface area is 395 Å². The Bertz CT molecular complexity index is 3450. The van der Waals surface area contributed by atoms with Crippen LogP contribution in [-0.4, -0.2) is 14.5 Å². The molecule has 0 atom stereocenters. The fourth-order valence-corrected chi connectivity index (χ4v) is 9.11. The quantitative estimate of drug-likeness (QED) is 0.123. The first-order valence-corrected chi connectivity index (χ1v) is 22.4. The van der Waals surface area contributed by atoms with Gasteiger partial charge in [0.25, 0.3) is 0 Å². The van der Waals surface area contributed by atoms with E-state index >= 15 is 0 Å². The molecule has 3 heterocycles. The van der Waals surface area contributed by atoms with Crippen molar-refractivity contribution < 1.29 is 24.5 Å². The van der Waals surface area contributed by atoms with E-state index in [1.54, 1.807) is 0 Å². The summed E-state index contributed by atoms with van der Waals surface area (Å²) in [5.74, 6) is 1.58. The molecule has 3 aromatic heterocycles. The maximum atomic E-state index is 6.22. The first-order valence-electron chi connectivity index (χ1n) is 22.4. The molecular formula is C60H51IrN3O-2. The second-order valence-electron chi connectivity index (χ2n) is 18.5. The molecule has 5 heteroatoms. The van der Waals surface area contributed by atoms with Gasteiger partial charge in [-0.15, -0.1) is 65.0 Å². The van der Waals surface area contributed by atoms with Crippen molar-refractivity contribution in [3.8, 4) is 39.5 Å². The van der Waals surface area contributed by atoms with Gasteiger partial charge in [0, 0.05) is 48.3 Å². The van der Waals surface area contributed by atoms with Gasteiger partial charge in [-0.05, 0) is 80.9 Å². The summed E-state index contributed by atoms with van der Waals surface area (Å²) >= 11 is 0. The third-order valence-electron chi connectivity index (χ3n) is 12.4. The molecule has 11 aromatic rings. The number of furan rings is 1. The Balaban J connectivity index is 0.000000188. The topological polar surface area (TPSA) is 43.9 Å². The van der Waals surface area contributed by atoms with E-state index < -0.39 is 0 Å². The molecule has 0 fully saturated rings. The van der Waals surface area contributed by atoms with Gasteiger partial charge in [-0.3, -0.25) is 4.98 Å². The van der Waals surface area contributed by atoms with Crippen LogP contribution in [0.2, 0.25) is 0 Å². The van der Waals surface area contributed by atoms with Crippen LogP contribution >= 0.6 is 0 Å². The summed E-state index contributed by atoms with van der Waals surface area (Å²) in [5.41, 5.74) is 14.5. The molecule has 323 valence electrons. The number of hydrogen-bond acceptors (Lipinski definition) is 3. The number of hydrogen-bond donors (Lipinski definition) is 0. The van der Waals surface area contributed by atoms with Gasteiger partial charge in [0.2, 0.25) is 0 Å². The van der Waals surface area contributed by atoms with Crippen molar-refractivity contribution in [3.63, 3.8) is 0 Å². The van der Waals surface area contributed by atoms with Gasteiger partial charge in [0.1, 0.15) is 11.2 Å². The van der Waals surface area contributed by atoms with Gasteiger partial charge in [-0.1, -0.05) is 156 Å². The van der Waals surface area contributed by atoms with Crippen molar-refractivity contribution in [2.45, 2.75) is 65.7 Å². The third kappa shape index (κ3) is 8.20. The van der Waals surface area contributed by atoms with Crippen molar-refractivity contribution >= 4 is 54.5 Å². The van der Waals surface area contributed by atoms with Gasteiger partial charge < -0.3 is 14.0 Å². The third-order valence-corrected chi connectivity index (χ3v) is 12.4. The predicted octanol–water partition coefficient (Wildman–Crippen LogP) is 16.5. The first kappa shape index (κ1) is 43.6. The van der Waals surface area contributed by atoms with E-state index in [2.05, 4.69) is 204 Å². The molecule has 0 bridgehead atoms. The van der Waals surface area contributed by atoms with Crippen LogP contribution in [0.25, 0.3) is 94.0 Å². The number of imidazole rings is 1. The van der Waals surface area contributed by atoms with Gasteiger partial charge in [-0.2, -0.15) is 0 Å². The Kier molecular flexibility index (Phi) is 11.9. The molecule has 4 nitrogen and oxygen atoms in total. The number of nitrogens with zero attached hydrogens (tertiary/aromatic N) is 3. The largest absolute Gasteiger partial charge is 0.456 e. The molecule has 1 radical (unpaired) electrons. The van der Waals surface area contributed by atoms with E-state index in [4.69, 9.17) is 9.40 Å². The summed E-state index contributed by atoms with van der Waals surface area (Å²) in [6.45, 7) is 15.8. The number of pyridine rings is 1. The average molecular weight is 1020 g/mol. The second kappa shape index (κ2) is 17.7. The molecule has 65 heavy (non-hydrogen) atoms. The summed E-state index contributed by atoms with van der Waals surface area (Å²) in [5, 5.41) is 7.10. The first-order chi connectivity index (χ1) is 31.0. The van der Waals surface area contributed by atoms with Gasteiger partial charge in [0.05, 0.1) is 16.9 Å². The summed E-state index contributed by atoms with van der Waals surface area (Å²) in [6, 6.07) is 64.4. The Morgan fingerprint density at radius 2 is 1.28 bits per heavy atom. The maximum Gasteiger partial charge on any atom is 0.139 e. The molecule has 0 aliphatic carbocycles. The van der Waals surface area contributed by atoms with Crippen molar-refractivity contribution in [2.24, 2.45) is 0 Å². The van der Waals surface area contributed by atoms with Crippen LogP contribution in [0.15, 0.2) is 174 Å². The number of aromatic nitrogens is 3. The summed E-state index contributed by atoms with van der Waals surface area (Å²) in [4.78, 5) is 9.84. The van der Waals surface area contributed by atoms with E-state index in [0.29, 0.717) is 11.8 Å². The molecule has 8 aromatic carbocycles. The minimum atomic E-state index is 0. The SMILES string of the molecule is CC(C)(C)c1cccc2c1oc1cc(-c3[c-]cccc3)ncc12.CC(C)c1cc(-c2ccccc2)cc(C(C)C)c1-n1c(-c2[c-]cc3c(ccc4ccccc43)c2)nc2ccccc21.[Ir]. The fourth-order valence-electron chi connectivity index (χ4n) is 9.11. The molecule has 0 aliphatic rings. The van der Waals surface area contributed by atoms with Crippen LogP contribution in [0.5, 0.6) is 0 Å². The number of rotatable bonds is 6. The summed E-state index contributed by atoms with van der Waals surface area (Å²) < 4.78 is 8.61. The minimum absolute atomic E-state index is 0. The zero-order chi connectivity index (χ0) is 44.1. The number of fused-ring (bicyclic) bond motifs is 7. The predicted molar refractivity (Wildman–Crippen MR) is 268 cm³/mol. The van der Waals surface area contributed by atoms with Gasteiger partial charge >= 0.3 is 0 Å². The van der Waals surface area contributed by atoms with Crippen molar-refractivity contribution in [1.82, 2.24) is 14.5 Å². The molecule has 0 saturated heterocycles. The molecule has 0 amide bonds. The molecule has 0 N–H and O–H groups in total. The van der Waals surface area contributed by atoms with E-state index in [1.165, 1.54) is 55.0 Å². The van der Waals surface area contributed by atoms with Crippen molar-refractivity contribution in [2.75, 3.05) is 0 Å². The Morgan fingerprint density at radius 1 is 0.585 bits per heavy atom. The van der Waals surface area contributed by atoms with E-state index in [9.17, 15) is 0 Å². The van der Waals surface area contributed by atoms with Crippen LogP contribution in [0.1, 0.15) is 77.0 Å². The number of para-hydroxylation sites is 3. The fraction of sp³-hybridized carbons (Fsp3) is 0.167. The van der Waals surface area contributed by atoms with Crippen molar-refractivity contribution in [1.29, 1.82) is 0 Å².